The lowest BCUT2D eigenvalue weighted by molar-refractivity contribution is -0.140. The Bertz CT molecular complexity index is 458. The van der Waals surface area contributed by atoms with Gasteiger partial charge < -0.3 is 15.4 Å². The van der Waals surface area contributed by atoms with Gasteiger partial charge in [0.2, 0.25) is 0 Å². The van der Waals surface area contributed by atoms with Crippen LogP contribution in [0.25, 0.3) is 0 Å². The monoisotopic (exact) mass is 311 g/mol. The number of carbonyl (C=O) groups excluding carboxylic acids is 1. The fourth-order valence-electron chi connectivity index (χ4n) is 1.77. The van der Waals surface area contributed by atoms with E-state index in [9.17, 15) is 4.79 Å². The van der Waals surface area contributed by atoms with Crippen molar-refractivity contribution in [3.63, 3.8) is 0 Å². The Labute approximate surface area is 130 Å². The SMILES string of the molecule is CCNC(=NCc1ccc(C)s1)NCCCCC(=O)OC. The molecule has 6 heteroatoms. The van der Waals surface area contributed by atoms with Crippen molar-refractivity contribution >= 4 is 23.3 Å². The number of ether oxygens (including phenoxy) is 1. The molecule has 1 heterocycles. The van der Waals surface area contributed by atoms with Crippen molar-refractivity contribution in [1.82, 2.24) is 10.6 Å². The van der Waals surface area contributed by atoms with E-state index in [4.69, 9.17) is 0 Å². The van der Waals surface area contributed by atoms with Crippen molar-refractivity contribution in [1.29, 1.82) is 0 Å². The van der Waals surface area contributed by atoms with E-state index < -0.39 is 0 Å². The van der Waals surface area contributed by atoms with Crippen molar-refractivity contribution in [3.05, 3.63) is 21.9 Å². The van der Waals surface area contributed by atoms with Crippen LogP contribution in [0.3, 0.4) is 0 Å². The minimum atomic E-state index is -0.149. The number of thiophene rings is 1. The number of rotatable bonds is 8. The zero-order valence-corrected chi connectivity index (χ0v) is 13.9. The molecule has 0 saturated carbocycles. The number of methoxy groups -OCH3 is 1. The maximum Gasteiger partial charge on any atom is 0.305 e. The lowest BCUT2D eigenvalue weighted by atomic mass is 10.2. The molecule has 118 valence electrons. The van der Waals surface area contributed by atoms with E-state index >= 15 is 0 Å². The number of esters is 1. The molecule has 0 spiro atoms. The summed E-state index contributed by atoms with van der Waals surface area (Å²) < 4.78 is 4.61. The summed E-state index contributed by atoms with van der Waals surface area (Å²) in [4.78, 5) is 18.1. The van der Waals surface area contributed by atoms with Crippen molar-refractivity contribution < 1.29 is 9.53 Å². The molecule has 0 aliphatic carbocycles. The molecule has 0 fully saturated rings. The van der Waals surface area contributed by atoms with E-state index in [1.54, 1.807) is 11.3 Å². The van der Waals surface area contributed by atoms with E-state index in [-0.39, 0.29) is 5.97 Å². The summed E-state index contributed by atoms with van der Waals surface area (Å²) in [6.45, 7) is 6.46. The molecule has 0 unspecified atom stereocenters. The summed E-state index contributed by atoms with van der Waals surface area (Å²) in [7, 11) is 1.42. The summed E-state index contributed by atoms with van der Waals surface area (Å²) in [6.07, 6.45) is 2.21. The van der Waals surface area contributed by atoms with Crippen LogP contribution in [-0.4, -0.2) is 32.1 Å². The second kappa shape index (κ2) is 10.2. The molecule has 0 aromatic carbocycles. The first-order valence-corrected chi connectivity index (χ1v) is 8.11. The maximum absolute atomic E-state index is 11.0. The molecule has 2 N–H and O–H groups in total. The average molecular weight is 311 g/mol. The predicted octanol–water partition coefficient (Wildman–Crippen LogP) is 2.45. The van der Waals surface area contributed by atoms with E-state index in [0.29, 0.717) is 13.0 Å². The lowest BCUT2D eigenvalue weighted by Crippen LogP contribution is -2.37. The molecular weight excluding hydrogens is 286 g/mol. The second-order valence-electron chi connectivity index (χ2n) is 4.67. The first-order valence-electron chi connectivity index (χ1n) is 7.30. The molecule has 5 nitrogen and oxygen atoms in total. The smallest absolute Gasteiger partial charge is 0.305 e. The molecule has 0 aliphatic rings. The van der Waals surface area contributed by atoms with Gasteiger partial charge in [-0.15, -0.1) is 11.3 Å². The van der Waals surface area contributed by atoms with Crippen LogP contribution in [0.1, 0.15) is 35.9 Å². The van der Waals surface area contributed by atoms with E-state index in [1.807, 2.05) is 6.92 Å². The van der Waals surface area contributed by atoms with E-state index in [0.717, 1.165) is 31.9 Å². The number of carbonyl (C=O) groups is 1. The van der Waals surface area contributed by atoms with Gasteiger partial charge in [-0.2, -0.15) is 0 Å². The van der Waals surface area contributed by atoms with Crippen LogP contribution < -0.4 is 10.6 Å². The molecule has 0 radical (unpaired) electrons. The Kier molecular flexibility index (Phi) is 8.50. The van der Waals surface area contributed by atoms with Crippen LogP contribution in [0.5, 0.6) is 0 Å². The van der Waals surface area contributed by atoms with Gasteiger partial charge in [0.05, 0.1) is 13.7 Å². The minimum Gasteiger partial charge on any atom is -0.469 e. The zero-order valence-electron chi connectivity index (χ0n) is 13.1. The minimum absolute atomic E-state index is 0.149. The van der Waals surface area contributed by atoms with Gasteiger partial charge in [-0.25, -0.2) is 4.99 Å². The highest BCUT2D eigenvalue weighted by Crippen LogP contribution is 2.15. The molecule has 1 rings (SSSR count). The largest absolute Gasteiger partial charge is 0.469 e. The Morgan fingerprint density at radius 1 is 1.33 bits per heavy atom. The molecule has 21 heavy (non-hydrogen) atoms. The third-order valence-corrected chi connectivity index (χ3v) is 3.85. The van der Waals surface area contributed by atoms with Crippen molar-refractivity contribution in [3.8, 4) is 0 Å². The van der Waals surface area contributed by atoms with Crippen LogP contribution >= 0.6 is 11.3 Å². The summed E-state index contributed by atoms with van der Waals surface area (Å²) in [5.41, 5.74) is 0. The first-order chi connectivity index (χ1) is 10.2. The van der Waals surface area contributed by atoms with E-state index in [1.165, 1.54) is 16.9 Å². The summed E-state index contributed by atoms with van der Waals surface area (Å²) >= 11 is 1.77. The molecule has 0 atom stereocenters. The number of guanidine groups is 1. The molecule has 0 bridgehead atoms. The number of unbranched alkanes of at least 4 members (excludes halogenated alkanes) is 1. The standard InChI is InChI=1S/C15H25N3O2S/c1-4-16-15(17-10-6-5-7-14(19)20-3)18-11-13-9-8-12(2)21-13/h8-9H,4-7,10-11H2,1-3H3,(H2,16,17,18). The Morgan fingerprint density at radius 3 is 2.76 bits per heavy atom. The highest BCUT2D eigenvalue weighted by Gasteiger charge is 2.01. The molecule has 0 aliphatic heterocycles. The Balaban J connectivity index is 2.30. The number of nitrogens with zero attached hydrogens (tertiary/aromatic N) is 1. The second-order valence-corrected chi connectivity index (χ2v) is 6.04. The highest BCUT2D eigenvalue weighted by atomic mass is 32.1. The van der Waals surface area contributed by atoms with Gasteiger partial charge in [-0.05, 0) is 38.8 Å². The number of hydrogen-bond donors (Lipinski definition) is 2. The molecule has 1 aromatic heterocycles. The average Bonchev–Trinajstić information content (AvgIpc) is 2.89. The van der Waals surface area contributed by atoms with Gasteiger partial charge >= 0.3 is 5.97 Å². The van der Waals surface area contributed by atoms with Crippen molar-refractivity contribution in [2.45, 2.75) is 39.7 Å². The summed E-state index contributed by atoms with van der Waals surface area (Å²) in [6, 6.07) is 4.23. The maximum atomic E-state index is 11.0. The fourth-order valence-corrected chi connectivity index (χ4v) is 2.59. The Hall–Kier alpha value is -1.56. The third kappa shape index (κ3) is 7.70. The Morgan fingerprint density at radius 2 is 2.14 bits per heavy atom. The van der Waals surface area contributed by atoms with Crippen LogP contribution in [-0.2, 0) is 16.1 Å². The van der Waals surface area contributed by atoms with Crippen LogP contribution in [0.2, 0.25) is 0 Å². The number of aryl methyl sites for hydroxylation is 1. The van der Waals surface area contributed by atoms with Gasteiger partial charge in [0, 0.05) is 29.3 Å². The van der Waals surface area contributed by atoms with Crippen molar-refractivity contribution in [2.75, 3.05) is 20.2 Å². The fraction of sp³-hybridized carbons (Fsp3) is 0.600. The van der Waals surface area contributed by atoms with Gasteiger partial charge in [0.1, 0.15) is 0 Å². The molecule has 0 saturated heterocycles. The van der Waals surface area contributed by atoms with Crippen molar-refractivity contribution in [2.24, 2.45) is 4.99 Å². The topological polar surface area (TPSA) is 62.7 Å². The number of nitrogens with one attached hydrogen (secondary N) is 2. The van der Waals surface area contributed by atoms with Crippen LogP contribution in [0.4, 0.5) is 0 Å². The highest BCUT2D eigenvalue weighted by molar-refractivity contribution is 7.11. The van der Waals surface area contributed by atoms with Crippen LogP contribution in [0, 0.1) is 6.92 Å². The summed E-state index contributed by atoms with van der Waals surface area (Å²) in [5, 5.41) is 6.50. The first kappa shape index (κ1) is 17.5. The van der Waals surface area contributed by atoms with Gasteiger partial charge in [-0.3, -0.25) is 4.79 Å². The van der Waals surface area contributed by atoms with Crippen LogP contribution in [0.15, 0.2) is 17.1 Å². The van der Waals surface area contributed by atoms with E-state index in [2.05, 4.69) is 39.4 Å². The van der Waals surface area contributed by atoms with Gasteiger partial charge in [0.25, 0.3) is 0 Å². The third-order valence-electron chi connectivity index (χ3n) is 2.86. The molecular formula is C15H25N3O2S. The predicted molar refractivity (Wildman–Crippen MR) is 87.7 cm³/mol. The normalized spacial score (nSPS) is 11.3. The van der Waals surface area contributed by atoms with Gasteiger partial charge in [0.15, 0.2) is 5.96 Å². The quantitative estimate of drug-likeness (QED) is 0.335. The lowest BCUT2D eigenvalue weighted by Gasteiger charge is -2.10. The van der Waals surface area contributed by atoms with Gasteiger partial charge in [-0.1, -0.05) is 0 Å². The molecule has 0 amide bonds. The number of aliphatic imine (C=N–C) groups is 1. The summed E-state index contributed by atoms with van der Waals surface area (Å²) in [5.74, 6) is 0.672. The molecule has 1 aromatic rings. The zero-order chi connectivity index (χ0) is 15.5. The number of hydrogen-bond acceptors (Lipinski definition) is 4.